The molecule has 0 spiro atoms. The van der Waals surface area contributed by atoms with Gasteiger partial charge in [-0.15, -0.1) is 0 Å². The SMILES string of the molecule is CCNc1cccc(S(=O)(=O)N(CC(O)C(Cc2ccccc2)NC(=O)OC2COC3OCCC23)CC(C)(C)CCC#N)c1. The van der Waals surface area contributed by atoms with E-state index in [1.54, 1.807) is 18.2 Å². The van der Waals surface area contributed by atoms with E-state index in [2.05, 4.69) is 16.7 Å². The number of aliphatic hydroxyl groups excluding tert-OH is 1. The Labute approximate surface area is 260 Å². The van der Waals surface area contributed by atoms with Crippen LogP contribution in [0.15, 0.2) is 59.5 Å². The normalized spacial score (nSPS) is 21.3. The van der Waals surface area contributed by atoms with E-state index in [1.807, 2.05) is 51.1 Å². The van der Waals surface area contributed by atoms with Gasteiger partial charge in [-0.1, -0.05) is 50.2 Å². The van der Waals surface area contributed by atoms with Crippen molar-refractivity contribution in [3.63, 3.8) is 0 Å². The van der Waals surface area contributed by atoms with Crippen molar-refractivity contribution in [1.29, 1.82) is 5.26 Å². The van der Waals surface area contributed by atoms with Gasteiger partial charge in [0.15, 0.2) is 6.29 Å². The second-order valence-electron chi connectivity index (χ2n) is 12.2. The van der Waals surface area contributed by atoms with Gasteiger partial charge in [-0.25, -0.2) is 13.2 Å². The van der Waals surface area contributed by atoms with Crippen molar-refractivity contribution in [1.82, 2.24) is 9.62 Å². The van der Waals surface area contributed by atoms with Crippen molar-refractivity contribution < 1.29 is 32.5 Å². The van der Waals surface area contributed by atoms with Gasteiger partial charge in [-0.2, -0.15) is 9.57 Å². The summed E-state index contributed by atoms with van der Waals surface area (Å²) < 4.78 is 46.3. The van der Waals surface area contributed by atoms with Crippen LogP contribution in [-0.2, 0) is 30.7 Å². The first-order valence-electron chi connectivity index (χ1n) is 15.2. The second kappa shape index (κ2) is 15.2. The number of fused-ring (bicyclic) bond motifs is 1. The molecule has 5 atom stereocenters. The molecule has 4 rings (SSSR count). The number of alkyl carbamates (subject to hydrolysis) is 1. The molecule has 0 saturated carbocycles. The lowest BCUT2D eigenvalue weighted by atomic mass is 9.88. The maximum absolute atomic E-state index is 14.1. The molecule has 0 radical (unpaired) electrons. The predicted octanol–water partition coefficient (Wildman–Crippen LogP) is 3.90. The zero-order valence-corrected chi connectivity index (χ0v) is 26.5. The van der Waals surface area contributed by atoms with E-state index in [1.165, 1.54) is 10.4 Å². The van der Waals surface area contributed by atoms with Crippen LogP contribution in [0, 0.1) is 22.7 Å². The van der Waals surface area contributed by atoms with E-state index in [-0.39, 0.29) is 49.6 Å². The predicted molar refractivity (Wildman–Crippen MR) is 165 cm³/mol. The summed E-state index contributed by atoms with van der Waals surface area (Å²) >= 11 is 0. The molecule has 44 heavy (non-hydrogen) atoms. The molecule has 2 aromatic rings. The summed E-state index contributed by atoms with van der Waals surface area (Å²) in [5.74, 6) is -0.0486. The molecular formula is C32H44N4O7S. The number of ether oxygens (including phenoxy) is 3. The number of nitrogens with one attached hydrogen (secondary N) is 2. The van der Waals surface area contributed by atoms with Crippen molar-refractivity contribution in [3.05, 3.63) is 60.2 Å². The number of sulfonamides is 1. The molecule has 2 heterocycles. The summed E-state index contributed by atoms with van der Waals surface area (Å²) in [6, 6.07) is 17.2. The number of benzene rings is 2. The Kier molecular flexibility index (Phi) is 11.6. The van der Waals surface area contributed by atoms with Gasteiger partial charge in [0.2, 0.25) is 10.0 Å². The van der Waals surface area contributed by atoms with Crippen LogP contribution in [0.1, 0.15) is 45.6 Å². The molecule has 0 aliphatic carbocycles. The third kappa shape index (κ3) is 8.92. The maximum Gasteiger partial charge on any atom is 0.407 e. The van der Waals surface area contributed by atoms with Gasteiger partial charge in [0.1, 0.15) is 6.10 Å². The number of carbonyl (C=O) groups excluding carboxylic acids is 1. The van der Waals surface area contributed by atoms with Crippen molar-refractivity contribution in [2.75, 3.05) is 38.2 Å². The minimum absolute atomic E-state index is 0.0486. The Bertz CT molecular complexity index is 1380. The number of nitriles is 1. The Morgan fingerprint density at radius 2 is 1.98 bits per heavy atom. The van der Waals surface area contributed by atoms with Crippen LogP contribution in [-0.4, -0.2) is 81.3 Å². The van der Waals surface area contributed by atoms with Crippen molar-refractivity contribution in [2.45, 2.75) is 75.9 Å². The lowest BCUT2D eigenvalue weighted by Gasteiger charge is -2.35. The van der Waals surface area contributed by atoms with Crippen LogP contribution in [0.5, 0.6) is 0 Å². The van der Waals surface area contributed by atoms with Crippen LogP contribution in [0.3, 0.4) is 0 Å². The molecule has 2 aromatic carbocycles. The molecule has 240 valence electrons. The lowest BCUT2D eigenvalue weighted by Crippen LogP contribution is -2.52. The van der Waals surface area contributed by atoms with Crippen LogP contribution >= 0.6 is 0 Å². The summed E-state index contributed by atoms with van der Waals surface area (Å²) in [4.78, 5) is 13.2. The van der Waals surface area contributed by atoms with Crippen molar-refractivity contribution in [3.8, 4) is 6.07 Å². The van der Waals surface area contributed by atoms with Gasteiger partial charge in [-0.05, 0) is 55.4 Å². The lowest BCUT2D eigenvalue weighted by molar-refractivity contribution is -0.0907. The zero-order chi connectivity index (χ0) is 31.7. The highest BCUT2D eigenvalue weighted by Gasteiger charge is 2.44. The molecule has 12 heteroatoms. The smallest absolute Gasteiger partial charge is 0.407 e. The molecule has 11 nitrogen and oxygen atoms in total. The largest absolute Gasteiger partial charge is 0.443 e. The van der Waals surface area contributed by atoms with E-state index in [0.717, 1.165) is 12.0 Å². The first-order valence-corrected chi connectivity index (χ1v) is 16.6. The number of rotatable bonds is 15. The minimum Gasteiger partial charge on any atom is -0.443 e. The van der Waals surface area contributed by atoms with Crippen LogP contribution < -0.4 is 10.6 Å². The van der Waals surface area contributed by atoms with Gasteiger partial charge < -0.3 is 30.0 Å². The number of nitrogens with zero attached hydrogens (tertiary/aromatic N) is 2. The highest BCUT2D eigenvalue weighted by molar-refractivity contribution is 7.89. The number of amides is 1. The monoisotopic (exact) mass is 628 g/mol. The molecule has 0 bridgehead atoms. The van der Waals surface area contributed by atoms with Crippen LogP contribution in [0.2, 0.25) is 0 Å². The van der Waals surface area contributed by atoms with E-state index < -0.39 is 39.8 Å². The van der Waals surface area contributed by atoms with Gasteiger partial charge in [0.25, 0.3) is 0 Å². The van der Waals surface area contributed by atoms with Gasteiger partial charge in [-0.3, -0.25) is 0 Å². The Morgan fingerprint density at radius 1 is 1.20 bits per heavy atom. The fraction of sp³-hybridized carbons (Fsp3) is 0.562. The van der Waals surface area contributed by atoms with Crippen molar-refractivity contribution in [2.24, 2.45) is 11.3 Å². The minimum atomic E-state index is -4.08. The second-order valence-corrected chi connectivity index (χ2v) is 14.1. The first kappa shape index (κ1) is 33.7. The number of hydrogen-bond donors (Lipinski definition) is 3. The van der Waals surface area contributed by atoms with E-state index >= 15 is 0 Å². The topological polar surface area (TPSA) is 150 Å². The highest BCUT2D eigenvalue weighted by atomic mass is 32.2. The summed E-state index contributed by atoms with van der Waals surface area (Å²) in [6.45, 7) is 6.88. The summed E-state index contributed by atoms with van der Waals surface area (Å²) in [7, 11) is -4.08. The number of aliphatic hydroxyl groups is 1. The summed E-state index contributed by atoms with van der Waals surface area (Å²) in [5, 5.41) is 26.8. The fourth-order valence-electron chi connectivity index (χ4n) is 5.68. The first-order chi connectivity index (χ1) is 21.0. The molecule has 3 N–H and O–H groups in total. The molecule has 2 aliphatic heterocycles. The third-order valence-corrected chi connectivity index (χ3v) is 9.88. The molecule has 2 aliphatic rings. The molecular weight excluding hydrogens is 584 g/mol. The Balaban J connectivity index is 1.58. The number of anilines is 1. The standard InChI is InChI=1S/C32H44N4O7S/c1-4-34-24-12-8-13-25(19-24)44(39,40)36(22-32(2,3)15-9-16-33)20-28(37)27(18-23-10-6-5-7-11-23)35-31(38)43-29-21-42-30-26(29)14-17-41-30/h5-8,10-13,19,26-30,34,37H,4,9,14-15,17-18,20-22H2,1-3H3,(H,35,38). The zero-order valence-electron chi connectivity index (χ0n) is 25.6. The molecule has 5 unspecified atom stereocenters. The highest BCUT2D eigenvalue weighted by Crippen LogP contribution is 2.33. The van der Waals surface area contributed by atoms with Crippen molar-refractivity contribution >= 4 is 21.8 Å². The van der Waals surface area contributed by atoms with E-state index in [9.17, 15) is 23.6 Å². The molecule has 2 saturated heterocycles. The molecule has 2 fully saturated rings. The quantitative estimate of drug-likeness (QED) is 0.267. The fourth-order valence-corrected chi connectivity index (χ4v) is 7.37. The molecule has 0 aromatic heterocycles. The third-order valence-electron chi connectivity index (χ3n) is 8.07. The summed E-state index contributed by atoms with van der Waals surface area (Å²) in [6.07, 6.45) is -1.15. The van der Waals surface area contributed by atoms with Gasteiger partial charge in [0, 0.05) is 31.7 Å². The molecule has 1 amide bonds. The number of hydrogen-bond acceptors (Lipinski definition) is 9. The number of carbonyl (C=O) groups is 1. The Hall–Kier alpha value is -3.21. The summed E-state index contributed by atoms with van der Waals surface area (Å²) in [5.41, 5.74) is 0.952. The van der Waals surface area contributed by atoms with Crippen LogP contribution in [0.25, 0.3) is 0 Å². The average Bonchev–Trinajstić information content (AvgIpc) is 3.61. The average molecular weight is 629 g/mol. The van der Waals surface area contributed by atoms with E-state index in [4.69, 9.17) is 14.2 Å². The maximum atomic E-state index is 14.1. The van der Waals surface area contributed by atoms with Gasteiger partial charge in [0.05, 0.1) is 42.2 Å². The van der Waals surface area contributed by atoms with E-state index in [0.29, 0.717) is 25.3 Å². The van der Waals surface area contributed by atoms with Gasteiger partial charge >= 0.3 is 6.09 Å². The Morgan fingerprint density at radius 3 is 2.70 bits per heavy atom. The van der Waals surface area contributed by atoms with Crippen LogP contribution in [0.4, 0.5) is 10.5 Å².